The maximum absolute atomic E-state index is 12.3. The van der Waals surface area contributed by atoms with Crippen molar-refractivity contribution in [3.05, 3.63) is 54.2 Å². The molecule has 7 heteroatoms. The highest BCUT2D eigenvalue weighted by Gasteiger charge is 2.19. The second-order valence-electron chi connectivity index (χ2n) is 5.79. The van der Waals surface area contributed by atoms with Crippen LogP contribution in [0.5, 0.6) is 17.2 Å². The first-order valence-corrected chi connectivity index (χ1v) is 8.13. The zero-order valence-electron chi connectivity index (χ0n) is 14.1. The Morgan fingerprint density at radius 3 is 2.85 bits per heavy atom. The Morgan fingerprint density at radius 1 is 1.19 bits per heavy atom. The third-order valence-corrected chi connectivity index (χ3v) is 3.97. The minimum Gasteiger partial charge on any atom is -0.484 e. The van der Waals surface area contributed by atoms with Crippen LogP contribution in [-0.4, -0.2) is 29.5 Å². The van der Waals surface area contributed by atoms with Crippen molar-refractivity contribution in [1.82, 2.24) is 10.2 Å². The van der Waals surface area contributed by atoms with E-state index in [1.807, 2.05) is 43.3 Å². The maximum atomic E-state index is 12.3. The number of amides is 1. The minimum atomic E-state index is -0.264. The average Bonchev–Trinajstić information content (AvgIpc) is 3.27. The number of benzene rings is 2. The number of aromatic amines is 1. The summed E-state index contributed by atoms with van der Waals surface area (Å²) in [6, 6.07) is 14.7. The van der Waals surface area contributed by atoms with Gasteiger partial charge in [-0.2, -0.15) is 5.10 Å². The Kier molecular flexibility index (Phi) is 4.18. The highest BCUT2D eigenvalue weighted by molar-refractivity contribution is 5.96. The molecule has 0 aliphatic carbocycles. The van der Waals surface area contributed by atoms with Crippen LogP contribution in [0, 0.1) is 6.92 Å². The topological polar surface area (TPSA) is 85.5 Å². The average molecular weight is 351 g/mol. The van der Waals surface area contributed by atoms with E-state index in [1.54, 1.807) is 12.1 Å². The molecule has 1 aromatic heterocycles. The lowest BCUT2D eigenvalue weighted by molar-refractivity contribution is -0.118. The predicted molar refractivity (Wildman–Crippen MR) is 95.5 cm³/mol. The first kappa shape index (κ1) is 16.0. The third-order valence-electron chi connectivity index (χ3n) is 3.97. The Morgan fingerprint density at radius 2 is 2.00 bits per heavy atom. The van der Waals surface area contributed by atoms with Crippen molar-refractivity contribution in [1.29, 1.82) is 0 Å². The summed E-state index contributed by atoms with van der Waals surface area (Å²) in [4.78, 5) is 12.3. The molecule has 7 nitrogen and oxygen atoms in total. The van der Waals surface area contributed by atoms with Gasteiger partial charge in [-0.05, 0) is 37.3 Å². The van der Waals surface area contributed by atoms with Crippen molar-refractivity contribution < 1.29 is 19.0 Å². The molecule has 2 N–H and O–H groups in total. The standard InChI is InChI=1S/C19H17N3O4/c1-12-18(20-17(23)10-24-14-5-3-2-4-6-14)19(22-21-12)13-7-8-15-16(9-13)26-11-25-15/h2-9H,10-11H2,1H3,(H,20,23)(H,21,22). The Bertz CT molecular complexity index is 937. The number of nitrogens with zero attached hydrogens (tertiary/aromatic N) is 1. The zero-order valence-corrected chi connectivity index (χ0v) is 14.1. The second kappa shape index (κ2) is 6.79. The zero-order chi connectivity index (χ0) is 17.9. The molecule has 0 radical (unpaired) electrons. The van der Waals surface area contributed by atoms with Crippen LogP contribution in [0.25, 0.3) is 11.3 Å². The van der Waals surface area contributed by atoms with Crippen LogP contribution < -0.4 is 19.5 Å². The van der Waals surface area contributed by atoms with Crippen molar-refractivity contribution in [2.75, 3.05) is 18.7 Å². The molecule has 2 heterocycles. The van der Waals surface area contributed by atoms with E-state index < -0.39 is 0 Å². The number of carbonyl (C=O) groups excluding carboxylic acids is 1. The summed E-state index contributed by atoms with van der Waals surface area (Å²) in [7, 11) is 0. The molecule has 0 spiro atoms. The van der Waals surface area contributed by atoms with Gasteiger partial charge in [-0.3, -0.25) is 9.89 Å². The molecule has 0 unspecified atom stereocenters. The lowest BCUT2D eigenvalue weighted by atomic mass is 10.1. The molecule has 0 bridgehead atoms. The molecule has 1 aliphatic rings. The number of H-pyrrole nitrogens is 1. The second-order valence-corrected chi connectivity index (χ2v) is 5.79. The Labute approximate surface area is 149 Å². The lowest BCUT2D eigenvalue weighted by Gasteiger charge is -2.09. The van der Waals surface area contributed by atoms with E-state index in [0.29, 0.717) is 28.6 Å². The van der Waals surface area contributed by atoms with Crippen LogP contribution in [0.2, 0.25) is 0 Å². The predicted octanol–water partition coefficient (Wildman–Crippen LogP) is 3.13. The smallest absolute Gasteiger partial charge is 0.262 e. The molecule has 0 saturated heterocycles. The Balaban J connectivity index is 1.50. The number of fused-ring (bicyclic) bond motifs is 1. The number of ether oxygens (including phenoxy) is 3. The molecule has 1 aliphatic heterocycles. The van der Waals surface area contributed by atoms with Gasteiger partial charge in [0.25, 0.3) is 5.91 Å². The number of rotatable bonds is 5. The van der Waals surface area contributed by atoms with Gasteiger partial charge in [0.1, 0.15) is 11.4 Å². The number of aryl methyl sites for hydroxylation is 1. The van der Waals surface area contributed by atoms with Crippen LogP contribution >= 0.6 is 0 Å². The molecular weight excluding hydrogens is 334 g/mol. The molecular formula is C19H17N3O4. The number of aromatic nitrogens is 2. The summed E-state index contributed by atoms with van der Waals surface area (Å²) in [5.74, 6) is 1.73. The van der Waals surface area contributed by atoms with Crippen LogP contribution in [0.4, 0.5) is 5.69 Å². The molecule has 4 rings (SSSR count). The minimum absolute atomic E-state index is 0.0881. The van der Waals surface area contributed by atoms with E-state index in [9.17, 15) is 4.79 Å². The molecule has 132 valence electrons. The van der Waals surface area contributed by atoms with Gasteiger partial charge < -0.3 is 19.5 Å². The number of hydrogen-bond acceptors (Lipinski definition) is 5. The summed E-state index contributed by atoms with van der Waals surface area (Å²) >= 11 is 0. The fraction of sp³-hybridized carbons (Fsp3) is 0.158. The number of nitrogens with one attached hydrogen (secondary N) is 2. The largest absolute Gasteiger partial charge is 0.484 e. The van der Waals surface area contributed by atoms with Crippen LogP contribution in [0.3, 0.4) is 0 Å². The van der Waals surface area contributed by atoms with E-state index >= 15 is 0 Å². The maximum Gasteiger partial charge on any atom is 0.262 e. The number of hydrogen-bond donors (Lipinski definition) is 2. The first-order valence-electron chi connectivity index (χ1n) is 8.13. The summed E-state index contributed by atoms with van der Waals surface area (Å²) in [5.41, 5.74) is 2.82. The fourth-order valence-corrected chi connectivity index (χ4v) is 2.68. The van der Waals surface area contributed by atoms with E-state index in [2.05, 4.69) is 15.5 Å². The monoisotopic (exact) mass is 351 g/mol. The summed E-state index contributed by atoms with van der Waals surface area (Å²) in [5, 5.41) is 10.1. The van der Waals surface area contributed by atoms with Crippen molar-refractivity contribution in [3.8, 4) is 28.5 Å². The van der Waals surface area contributed by atoms with E-state index in [4.69, 9.17) is 14.2 Å². The van der Waals surface area contributed by atoms with Gasteiger partial charge >= 0.3 is 0 Å². The van der Waals surface area contributed by atoms with Crippen molar-refractivity contribution in [3.63, 3.8) is 0 Å². The number of anilines is 1. The van der Waals surface area contributed by atoms with Crippen LogP contribution in [-0.2, 0) is 4.79 Å². The SMILES string of the molecule is Cc1[nH]nc(-c2ccc3c(c2)OCO3)c1NC(=O)COc1ccccc1. The van der Waals surface area contributed by atoms with Gasteiger partial charge in [-0.1, -0.05) is 18.2 Å². The molecule has 0 atom stereocenters. The molecule has 0 saturated carbocycles. The lowest BCUT2D eigenvalue weighted by Crippen LogP contribution is -2.20. The Hall–Kier alpha value is -3.48. The molecule has 0 fully saturated rings. The third kappa shape index (κ3) is 3.19. The van der Waals surface area contributed by atoms with Crippen LogP contribution in [0.1, 0.15) is 5.69 Å². The van der Waals surface area contributed by atoms with E-state index in [0.717, 1.165) is 11.3 Å². The van der Waals surface area contributed by atoms with Gasteiger partial charge in [0.15, 0.2) is 18.1 Å². The van der Waals surface area contributed by atoms with Gasteiger partial charge in [0.2, 0.25) is 6.79 Å². The number of carbonyl (C=O) groups is 1. The van der Waals surface area contributed by atoms with E-state index in [-0.39, 0.29) is 19.3 Å². The normalized spacial score (nSPS) is 12.0. The summed E-state index contributed by atoms with van der Waals surface area (Å²) < 4.78 is 16.2. The van der Waals surface area contributed by atoms with Crippen LogP contribution in [0.15, 0.2) is 48.5 Å². The van der Waals surface area contributed by atoms with Crippen molar-refractivity contribution in [2.24, 2.45) is 0 Å². The van der Waals surface area contributed by atoms with Crippen molar-refractivity contribution in [2.45, 2.75) is 6.92 Å². The van der Waals surface area contributed by atoms with Gasteiger partial charge in [0, 0.05) is 5.56 Å². The summed E-state index contributed by atoms with van der Waals surface area (Å²) in [6.45, 7) is 1.96. The molecule has 26 heavy (non-hydrogen) atoms. The van der Waals surface area contributed by atoms with Gasteiger partial charge in [0.05, 0.1) is 11.4 Å². The number of para-hydroxylation sites is 1. The molecule has 2 aromatic carbocycles. The molecule has 1 amide bonds. The first-order chi connectivity index (χ1) is 12.7. The van der Waals surface area contributed by atoms with E-state index in [1.165, 1.54) is 0 Å². The summed E-state index contributed by atoms with van der Waals surface area (Å²) in [6.07, 6.45) is 0. The highest BCUT2D eigenvalue weighted by atomic mass is 16.7. The quantitative estimate of drug-likeness (QED) is 0.738. The fourth-order valence-electron chi connectivity index (χ4n) is 2.68. The van der Waals surface area contributed by atoms with Gasteiger partial charge in [-0.15, -0.1) is 0 Å². The highest BCUT2D eigenvalue weighted by Crippen LogP contribution is 2.37. The van der Waals surface area contributed by atoms with Crippen molar-refractivity contribution >= 4 is 11.6 Å². The van der Waals surface area contributed by atoms with Gasteiger partial charge in [-0.25, -0.2) is 0 Å². The molecule has 3 aromatic rings.